The van der Waals surface area contributed by atoms with Crippen LogP contribution in [-0.2, 0) is 4.84 Å². The Hall–Kier alpha value is -2.80. The Bertz CT molecular complexity index is 796. The first-order chi connectivity index (χ1) is 12.2. The molecule has 1 aromatic carbocycles. The van der Waals surface area contributed by atoms with Crippen LogP contribution in [0.2, 0.25) is 0 Å². The number of piperidine rings is 1. The van der Waals surface area contributed by atoms with E-state index >= 15 is 0 Å². The topological polar surface area (TPSA) is 79.7 Å². The third-order valence-corrected chi connectivity index (χ3v) is 4.59. The molecule has 1 amide bonds. The van der Waals surface area contributed by atoms with Gasteiger partial charge in [0.1, 0.15) is 5.69 Å². The van der Waals surface area contributed by atoms with Gasteiger partial charge in [0.05, 0.1) is 6.20 Å². The average Bonchev–Trinajstić information content (AvgIpc) is 3.07. The largest absolute Gasteiger partial charge is 0.337 e. The summed E-state index contributed by atoms with van der Waals surface area (Å²) in [5.74, 6) is 0.644. The summed E-state index contributed by atoms with van der Waals surface area (Å²) >= 11 is 0. The number of benzene rings is 1. The highest BCUT2D eigenvalue weighted by Crippen LogP contribution is 2.31. The lowest BCUT2D eigenvalue weighted by molar-refractivity contribution is -0.0850. The van der Waals surface area contributed by atoms with E-state index < -0.39 is 5.72 Å². The lowest BCUT2D eigenvalue weighted by atomic mass is 10.0. The molecule has 0 unspecified atom stereocenters. The normalized spacial score (nSPS) is 18.8. The van der Waals surface area contributed by atoms with E-state index in [1.807, 2.05) is 24.3 Å². The maximum Gasteiger partial charge on any atom is 0.274 e. The Kier molecular flexibility index (Phi) is 3.93. The maximum absolute atomic E-state index is 12.5. The van der Waals surface area contributed by atoms with Crippen LogP contribution in [0.1, 0.15) is 34.5 Å². The molecule has 1 N–H and O–H groups in total. The van der Waals surface area contributed by atoms with Crippen LogP contribution in [0.3, 0.4) is 0 Å². The number of amidine groups is 1. The van der Waals surface area contributed by atoms with Crippen molar-refractivity contribution in [2.75, 3.05) is 13.1 Å². The molecule has 7 nitrogen and oxygen atoms in total. The van der Waals surface area contributed by atoms with Crippen molar-refractivity contribution in [1.29, 1.82) is 0 Å². The number of likely N-dealkylation sites (tertiary alicyclic amines) is 1. The zero-order chi connectivity index (χ0) is 17.3. The van der Waals surface area contributed by atoms with Gasteiger partial charge in [0.2, 0.25) is 0 Å². The summed E-state index contributed by atoms with van der Waals surface area (Å²) in [6.07, 6.45) is 5.86. The average molecular weight is 337 g/mol. The summed E-state index contributed by atoms with van der Waals surface area (Å²) in [6, 6.07) is 8.14. The highest BCUT2D eigenvalue weighted by Gasteiger charge is 2.41. The number of nitrogens with one attached hydrogen (secondary N) is 1. The van der Waals surface area contributed by atoms with Crippen molar-refractivity contribution < 1.29 is 9.63 Å². The number of aromatic nitrogens is 2. The fraction of sp³-hybridized carbons (Fsp3) is 0.333. The molecule has 2 aliphatic heterocycles. The van der Waals surface area contributed by atoms with E-state index in [4.69, 9.17) is 9.83 Å². The summed E-state index contributed by atoms with van der Waals surface area (Å²) in [6.45, 7) is 3.19. The number of aryl methyl sites for hydroxylation is 1. The maximum atomic E-state index is 12.5. The molecule has 3 heterocycles. The van der Waals surface area contributed by atoms with Crippen LogP contribution in [0.25, 0.3) is 0 Å². The molecular weight excluding hydrogens is 318 g/mol. The molecule has 1 saturated heterocycles. The number of hydrogen-bond acceptors (Lipinski definition) is 6. The minimum absolute atomic E-state index is 0.100. The smallest absolute Gasteiger partial charge is 0.274 e. The lowest BCUT2D eigenvalue weighted by Gasteiger charge is -2.35. The highest BCUT2D eigenvalue weighted by molar-refractivity contribution is 5.99. The number of hydrogen-bond donors (Lipinski definition) is 1. The van der Waals surface area contributed by atoms with Gasteiger partial charge in [-0.25, -0.2) is 20.3 Å². The molecule has 128 valence electrons. The number of amides is 1. The van der Waals surface area contributed by atoms with Gasteiger partial charge in [-0.15, -0.1) is 0 Å². The second-order valence-corrected chi connectivity index (χ2v) is 6.36. The SMILES string of the molecule is Cc1ccc(C2=NC3(CCN(C(=O)c4cnccn4)CC3)ON2)cc1. The second-order valence-electron chi connectivity index (χ2n) is 6.36. The highest BCUT2D eigenvalue weighted by atomic mass is 16.7. The van der Waals surface area contributed by atoms with Gasteiger partial charge in [-0.05, 0) is 6.92 Å². The van der Waals surface area contributed by atoms with Gasteiger partial charge in [0, 0.05) is 43.9 Å². The molecule has 2 aliphatic rings. The predicted octanol–water partition coefficient (Wildman–Crippen LogP) is 1.70. The summed E-state index contributed by atoms with van der Waals surface area (Å²) in [7, 11) is 0. The first-order valence-electron chi connectivity index (χ1n) is 8.31. The molecule has 4 rings (SSSR count). The first kappa shape index (κ1) is 15.7. The minimum Gasteiger partial charge on any atom is -0.337 e. The molecule has 0 atom stereocenters. The molecule has 7 heteroatoms. The van der Waals surface area contributed by atoms with Crippen molar-refractivity contribution >= 4 is 11.7 Å². The Morgan fingerprint density at radius 3 is 2.64 bits per heavy atom. The van der Waals surface area contributed by atoms with Gasteiger partial charge in [-0.3, -0.25) is 9.78 Å². The van der Waals surface area contributed by atoms with Gasteiger partial charge >= 0.3 is 0 Å². The number of aliphatic imine (C=N–C) groups is 1. The molecular formula is C18H19N5O2. The van der Waals surface area contributed by atoms with Crippen LogP contribution in [0.4, 0.5) is 0 Å². The lowest BCUT2D eigenvalue weighted by Crippen LogP contribution is -2.46. The Morgan fingerprint density at radius 2 is 1.96 bits per heavy atom. The van der Waals surface area contributed by atoms with Gasteiger partial charge < -0.3 is 4.90 Å². The summed E-state index contributed by atoms with van der Waals surface area (Å²) < 4.78 is 0. The van der Waals surface area contributed by atoms with Crippen molar-refractivity contribution in [3.05, 3.63) is 59.7 Å². The Morgan fingerprint density at radius 1 is 1.20 bits per heavy atom. The van der Waals surface area contributed by atoms with Crippen molar-refractivity contribution in [3.8, 4) is 0 Å². The number of carbonyl (C=O) groups is 1. The van der Waals surface area contributed by atoms with Gasteiger partial charge in [-0.1, -0.05) is 29.8 Å². The predicted molar refractivity (Wildman–Crippen MR) is 91.8 cm³/mol. The monoisotopic (exact) mass is 337 g/mol. The minimum atomic E-state index is -0.598. The van der Waals surface area contributed by atoms with Gasteiger partial charge in [-0.2, -0.15) is 0 Å². The van der Waals surface area contributed by atoms with Crippen molar-refractivity contribution in [2.24, 2.45) is 4.99 Å². The van der Waals surface area contributed by atoms with E-state index in [1.165, 1.54) is 18.0 Å². The fourth-order valence-electron chi connectivity index (χ4n) is 3.07. The third kappa shape index (κ3) is 3.10. The van der Waals surface area contributed by atoms with Crippen LogP contribution < -0.4 is 5.48 Å². The first-order valence-corrected chi connectivity index (χ1v) is 8.31. The number of rotatable bonds is 2. The van der Waals surface area contributed by atoms with E-state index in [-0.39, 0.29) is 5.91 Å². The van der Waals surface area contributed by atoms with E-state index in [0.717, 1.165) is 11.4 Å². The summed E-state index contributed by atoms with van der Waals surface area (Å²) in [5.41, 5.74) is 4.93. The quantitative estimate of drug-likeness (QED) is 0.902. The Balaban J connectivity index is 1.45. The fourth-order valence-corrected chi connectivity index (χ4v) is 3.07. The molecule has 0 saturated carbocycles. The van der Waals surface area contributed by atoms with Crippen molar-refractivity contribution in [3.63, 3.8) is 0 Å². The van der Waals surface area contributed by atoms with Crippen LogP contribution in [0, 0.1) is 6.92 Å². The van der Waals surface area contributed by atoms with Crippen LogP contribution in [0.5, 0.6) is 0 Å². The zero-order valence-corrected chi connectivity index (χ0v) is 14.0. The number of hydroxylamine groups is 1. The zero-order valence-electron chi connectivity index (χ0n) is 14.0. The molecule has 25 heavy (non-hydrogen) atoms. The Labute approximate surface area is 145 Å². The number of carbonyl (C=O) groups excluding carboxylic acids is 1. The summed E-state index contributed by atoms with van der Waals surface area (Å²) in [4.78, 5) is 32.8. The molecule has 0 radical (unpaired) electrons. The van der Waals surface area contributed by atoms with Crippen molar-refractivity contribution in [2.45, 2.75) is 25.5 Å². The molecule has 2 aromatic rings. The molecule has 0 bridgehead atoms. The number of nitrogens with zero attached hydrogens (tertiary/aromatic N) is 4. The van der Waals surface area contributed by atoms with Crippen LogP contribution in [-0.4, -0.2) is 45.4 Å². The van der Waals surface area contributed by atoms with Gasteiger partial charge in [0.25, 0.3) is 5.91 Å². The van der Waals surface area contributed by atoms with Crippen molar-refractivity contribution in [1.82, 2.24) is 20.3 Å². The third-order valence-electron chi connectivity index (χ3n) is 4.59. The van der Waals surface area contributed by atoms with E-state index in [1.54, 1.807) is 11.1 Å². The van der Waals surface area contributed by atoms with Crippen LogP contribution >= 0.6 is 0 Å². The molecule has 1 aromatic heterocycles. The standard InChI is InChI=1S/C18H19N5O2/c1-13-2-4-14(5-3-13)16-21-18(25-22-16)6-10-23(11-7-18)17(24)15-12-19-8-9-20-15/h2-5,8-9,12H,6-7,10-11H2,1H3,(H,21,22). The molecule has 1 fully saturated rings. The van der Waals surface area contributed by atoms with E-state index in [9.17, 15) is 4.79 Å². The molecule has 1 spiro atoms. The second kappa shape index (κ2) is 6.25. The van der Waals surface area contributed by atoms with E-state index in [0.29, 0.717) is 31.6 Å². The summed E-state index contributed by atoms with van der Waals surface area (Å²) in [5, 5.41) is 0. The molecule has 0 aliphatic carbocycles. The van der Waals surface area contributed by atoms with E-state index in [2.05, 4.69) is 22.4 Å². The van der Waals surface area contributed by atoms with Crippen LogP contribution in [0.15, 0.2) is 47.8 Å². The van der Waals surface area contributed by atoms with Gasteiger partial charge in [0.15, 0.2) is 11.6 Å².